The van der Waals surface area contributed by atoms with Crippen molar-refractivity contribution >= 4 is 27.6 Å². The number of carbonyl (C=O) groups is 1. The monoisotopic (exact) mass is 380 g/mol. The van der Waals surface area contributed by atoms with Crippen molar-refractivity contribution in [3.63, 3.8) is 0 Å². The van der Waals surface area contributed by atoms with Crippen LogP contribution in [0.2, 0.25) is 0 Å². The normalized spacial score (nSPS) is 15.8. The van der Waals surface area contributed by atoms with Gasteiger partial charge in [-0.1, -0.05) is 6.07 Å². The third-order valence-corrected chi connectivity index (χ3v) is 5.37. The summed E-state index contributed by atoms with van der Waals surface area (Å²) < 4.78 is 40.3. The Morgan fingerprint density at radius 1 is 1.35 bits per heavy atom. The number of halogens is 1. The number of carbonyl (C=O) groups excluding carboxylic acids is 1. The first kappa shape index (κ1) is 17.9. The van der Waals surface area contributed by atoms with Crippen LogP contribution in [0.4, 0.5) is 15.9 Å². The van der Waals surface area contributed by atoms with Crippen LogP contribution < -0.4 is 14.3 Å². The zero-order valence-corrected chi connectivity index (χ0v) is 14.9. The largest absolute Gasteiger partial charge is 0.506 e. The highest BCUT2D eigenvalue weighted by molar-refractivity contribution is 7.92. The van der Waals surface area contributed by atoms with Gasteiger partial charge < -0.3 is 10.4 Å². The summed E-state index contributed by atoms with van der Waals surface area (Å²) in [6.45, 7) is 3.39. The maximum absolute atomic E-state index is 14.4. The Hall–Kier alpha value is -2.88. The summed E-state index contributed by atoms with van der Waals surface area (Å²) in [5.74, 6) is -1.73. The van der Waals surface area contributed by atoms with Crippen molar-refractivity contribution in [1.82, 2.24) is 9.71 Å². The number of rotatable bonds is 4. The van der Waals surface area contributed by atoms with E-state index in [9.17, 15) is 22.7 Å². The van der Waals surface area contributed by atoms with Crippen LogP contribution in [0.5, 0.6) is 5.75 Å². The van der Waals surface area contributed by atoms with E-state index in [1.807, 2.05) is 19.9 Å². The molecule has 3 rings (SSSR count). The van der Waals surface area contributed by atoms with Gasteiger partial charge in [0.2, 0.25) is 0 Å². The average Bonchev–Trinajstić information content (AvgIpc) is 2.80. The zero-order valence-electron chi connectivity index (χ0n) is 14.1. The summed E-state index contributed by atoms with van der Waals surface area (Å²) in [7, 11) is -4.20. The second kappa shape index (κ2) is 6.45. The fraction of sp³-hybridized carbons (Fsp3) is 0.250. The Bertz CT molecular complexity index is 971. The van der Waals surface area contributed by atoms with E-state index >= 15 is 0 Å². The molecule has 138 valence electrons. The quantitative estimate of drug-likeness (QED) is 0.738. The molecule has 2 heterocycles. The van der Waals surface area contributed by atoms with Crippen molar-refractivity contribution in [1.29, 1.82) is 0 Å². The second-order valence-corrected chi connectivity index (χ2v) is 7.53. The number of amides is 1. The summed E-state index contributed by atoms with van der Waals surface area (Å²) in [5, 5.41) is 13.1. The number of aromatic hydroxyl groups is 1. The molecule has 26 heavy (non-hydrogen) atoms. The van der Waals surface area contributed by atoms with Crippen LogP contribution >= 0.6 is 0 Å². The number of hydrogen-bond donors (Lipinski definition) is 3. The molecule has 3 N–H and O–H groups in total. The number of phenolic OH excluding ortho intramolecular Hbond substituents is 1. The van der Waals surface area contributed by atoms with Crippen LogP contribution in [0.3, 0.4) is 0 Å². The lowest BCUT2D eigenvalue weighted by atomic mass is 10.1. The molecule has 1 amide bonds. The molecule has 0 spiro atoms. The van der Waals surface area contributed by atoms with Gasteiger partial charge in [-0.2, -0.15) is 8.42 Å². The fourth-order valence-corrected chi connectivity index (χ4v) is 3.73. The maximum Gasteiger partial charge on any atom is 0.326 e. The van der Waals surface area contributed by atoms with Gasteiger partial charge in [0, 0.05) is 12.2 Å². The highest BCUT2D eigenvalue weighted by Crippen LogP contribution is 2.34. The lowest BCUT2D eigenvalue weighted by Gasteiger charge is -2.18. The van der Waals surface area contributed by atoms with E-state index in [-0.39, 0.29) is 6.54 Å². The van der Waals surface area contributed by atoms with E-state index in [1.165, 1.54) is 6.07 Å². The minimum Gasteiger partial charge on any atom is -0.506 e. The molecule has 0 saturated carbocycles. The molecular formula is C16H17FN4O4S. The van der Waals surface area contributed by atoms with Crippen molar-refractivity contribution in [3.05, 3.63) is 46.9 Å². The van der Waals surface area contributed by atoms with E-state index in [0.717, 1.165) is 17.3 Å². The Morgan fingerprint density at radius 3 is 2.65 bits per heavy atom. The summed E-state index contributed by atoms with van der Waals surface area (Å²) in [6.07, 6.45) is 0. The summed E-state index contributed by atoms with van der Waals surface area (Å²) in [4.78, 5) is 15.6. The first-order valence-electron chi connectivity index (χ1n) is 7.70. The third-order valence-electron chi connectivity index (χ3n) is 4.00. The van der Waals surface area contributed by atoms with Crippen LogP contribution in [0, 0.1) is 19.7 Å². The molecule has 1 aliphatic heterocycles. The molecule has 1 fully saturated rings. The van der Waals surface area contributed by atoms with Crippen molar-refractivity contribution in [2.24, 2.45) is 0 Å². The van der Waals surface area contributed by atoms with E-state index in [0.29, 0.717) is 15.7 Å². The lowest BCUT2D eigenvalue weighted by molar-refractivity contribution is -0.117. The van der Waals surface area contributed by atoms with Gasteiger partial charge in [-0.05, 0) is 43.2 Å². The first-order chi connectivity index (χ1) is 12.2. The minimum absolute atomic E-state index is 0.171. The van der Waals surface area contributed by atoms with Gasteiger partial charge in [0.05, 0.1) is 0 Å². The van der Waals surface area contributed by atoms with E-state index < -0.39 is 39.9 Å². The van der Waals surface area contributed by atoms with Gasteiger partial charge in [-0.3, -0.25) is 4.79 Å². The van der Waals surface area contributed by atoms with Crippen LogP contribution in [-0.2, 0) is 21.5 Å². The Balaban J connectivity index is 1.83. The highest BCUT2D eigenvalue weighted by atomic mass is 32.2. The number of aromatic nitrogens is 1. The molecule has 0 bridgehead atoms. The van der Waals surface area contributed by atoms with Crippen molar-refractivity contribution < 1.29 is 22.7 Å². The minimum atomic E-state index is -4.20. The van der Waals surface area contributed by atoms with Crippen LogP contribution in [-0.4, -0.2) is 31.0 Å². The number of anilines is 2. The van der Waals surface area contributed by atoms with E-state index in [1.54, 1.807) is 10.8 Å². The molecule has 1 aliphatic rings. The summed E-state index contributed by atoms with van der Waals surface area (Å²) in [6, 6.07) is 6.02. The van der Waals surface area contributed by atoms with E-state index in [4.69, 9.17) is 0 Å². The summed E-state index contributed by atoms with van der Waals surface area (Å²) in [5.41, 5.74) is 1.73. The molecule has 0 atom stereocenters. The third kappa shape index (κ3) is 3.40. The predicted octanol–water partition coefficient (Wildman–Crippen LogP) is 1.34. The lowest BCUT2D eigenvalue weighted by Crippen LogP contribution is -2.30. The zero-order chi connectivity index (χ0) is 19.1. The van der Waals surface area contributed by atoms with Gasteiger partial charge in [-0.15, -0.1) is 0 Å². The number of hydrogen-bond acceptors (Lipinski definition) is 6. The van der Waals surface area contributed by atoms with Gasteiger partial charge in [0.1, 0.15) is 23.8 Å². The number of benzene rings is 1. The van der Waals surface area contributed by atoms with Crippen LogP contribution in [0.15, 0.2) is 24.3 Å². The standard InChI is InChI=1S/C16H17FN4O4S/c1-9-3-4-14(19-10(9)2)18-7-11-5-12(17)16(13(22)6-11)21-8-15(23)20-26(21,24)25/h3-6,22H,7-8H2,1-2H3,(H,18,19)(H,20,23). The van der Waals surface area contributed by atoms with Gasteiger partial charge in [0.25, 0.3) is 5.91 Å². The second-order valence-electron chi connectivity index (χ2n) is 5.93. The highest BCUT2D eigenvalue weighted by Gasteiger charge is 2.37. The number of nitrogens with one attached hydrogen (secondary N) is 2. The Morgan fingerprint density at radius 2 is 2.08 bits per heavy atom. The molecule has 8 nitrogen and oxygen atoms in total. The van der Waals surface area contributed by atoms with Crippen LogP contribution in [0.1, 0.15) is 16.8 Å². The SMILES string of the molecule is Cc1ccc(NCc2cc(O)c(N3CC(=O)NS3(=O)=O)c(F)c2)nc1C. The number of aryl methyl sites for hydroxylation is 2. The van der Waals surface area contributed by atoms with Gasteiger partial charge in [0.15, 0.2) is 5.82 Å². The van der Waals surface area contributed by atoms with Crippen molar-refractivity contribution in [2.45, 2.75) is 20.4 Å². The molecular weight excluding hydrogens is 363 g/mol. The number of pyridine rings is 1. The smallest absolute Gasteiger partial charge is 0.326 e. The molecule has 1 aromatic heterocycles. The van der Waals surface area contributed by atoms with E-state index in [2.05, 4.69) is 10.3 Å². The molecule has 1 aromatic carbocycles. The first-order valence-corrected chi connectivity index (χ1v) is 9.14. The molecule has 0 aliphatic carbocycles. The topological polar surface area (TPSA) is 112 Å². The van der Waals surface area contributed by atoms with Gasteiger partial charge in [-0.25, -0.2) is 18.4 Å². The van der Waals surface area contributed by atoms with Crippen molar-refractivity contribution in [3.8, 4) is 5.75 Å². The predicted molar refractivity (Wildman–Crippen MR) is 93.5 cm³/mol. The molecule has 0 radical (unpaired) electrons. The van der Waals surface area contributed by atoms with Crippen LogP contribution in [0.25, 0.3) is 0 Å². The number of phenols is 1. The molecule has 0 unspecified atom stereocenters. The van der Waals surface area contributed by atoms with Crippen molar-refractivity contribution in [2.75, 3.05) is 16.2 Å². The fourth-order valence-electron chi connectivity index (χ4n) is 2.56. The molecule has 1 saturated heterocycles. The summed E-state index contributed by atoms with van der Waals surface area (Å²) >= 11 is 0. The van der Waals surface area contributed by atoms with Gasteiger partial charge >= 0.3 is 10.2 Å². The maximum atomic E-state index is 14.4. The average molecular weight is 380 g/mol. The Kier molecular flexibility index (Phi) is 4.45. The number of nitrogens with zero attached hydrogens (tertiary/aromatic N) is 2. The molecule has 10 heteroatoms. The Labute approximate surface area is 149 Å². The molecule has 2 aromatic rings.